The van der Waals surface area contributed by atoms with E-state index in [1.54, 1.807) is 30.3 Å². The first kappa shape index (κ1) is 22.9. The van der Waals surface area contributed by atoms with Crippen molar-refractivity contribution >= 4 is 27.3 Å². The number of nitrogens with zero attached hydrogens (tertiary/aromatic N) is 2. The Balaban J connectivity index is 1.47. The van der Waals surface area contributed by atoms with Gasteiger partial charge in [0, 0.05) is 43.6 Å². The Hall–Kier alpha value is -2.86. The molecule has 11 heteroatoms. The molecule has 0 saturated carbocycles. The lowest BCUT2D eigenvalue weighted by Gasteiger charge is -2.31. The molecule has 0 bridgehead atoms. The standard InChI is InChI=1S/C23H27N3O7S/c27-23(24-17-1-4-21-22(15-17)33-14-13-32-21)19-16-18(34(28,29)26-7-11-31-12-8-26)2-3-20(19)25-5-9-30-10-6-25/h1-4,15-16H,5-14H2,(H,24,27). The lowest BCUT2D eigenvalue weighted by Crippen LogP contribution is -2.41. The van der Waals surface area contributed by atoms with Gasteiger partial charge >= 0.3 is 0 Å². The molecule has 2 fully saturated rings. The number of hydrogen-bond donors (Lipinski definition) is 1. The first-order valence-corrected chi connectivity index (χ1v) is 12.7. The highest BCUT2D eigenvalue weighted by atomic mass is 32.2. The molecular weight excluding hydrogens is 462 g/mol. The van der Waals surface area contributed by atoms with Crippen LogP contribution in [0.4, 0.5) is 11.4 Å². The van der Waals surface area contributed by atoms with Gasteiger partial charge in [-0.2, -0.15) is 4.31 Å². The van der Waals surface area contributed by atoms with Crippen LogP contribution in [0.3, 0.4) is 0 Å². The Morgan fingerprint density at radius 3 is 2.21 bits per heavy atom. The average Bonchev–Trinajstić information content (AvgIpc) is 2.89. The van der Waals surface area contributed by atoms with E-state index in [-0.39, 0.29) is 23.5 Å². The minimum Gasteiger partial charge on any atom is -0.486 e. The van der Waals surface area contributed by atoms with E-state index in [4.69, 9.17) is 18.9 Å². The number of ether oxygens (including phenoxy) is 4. The zero-order valence-corrected chi connectivity index (χ0v) is 19.5. The highest BCUT2D eigenvalue weighted by Gasteiger charge is 2.29. The normalized spacial score (nSPS) is 19.0. The topological polar surface area (TPSA) is 107 Å². The number of benzene rings is 2. The molecule has 2 aromatic rings. The average molecular weight is 490 g/mol. The predicted molar refractivity (Wildman–Crippen MR) is 124 cm³/mol. The third-order valence-corrected chi connectivity index (χ3v) is 7.87. The van der Waals surface area contributed by atoms with E-state index in [2.05, 4.69) is 5.32 Å². The summed E-state index contributed by atoms with van der Waals surface area (Å²) >= 11 is 0. The first-order valence-electron chi connectivity index (χ1n) is 11.3. The second kappa shape index (κ2) is 9.79. The molecule has 0 spiro atoms. The smallest absolute Gasteiger partial charge is 0.257 e. The van der Waals surface area contributed by atoms with Gasteiger partial charge < -0.3 is 29.2 Å². The summed E-state index contributed by atoms with van der Waals surface area (Å²) in [6.45, 7) is 4.48. The number of rotatable bonds is 5. The zero-order valence-electron chi connectivity index (χ0n) is 18.7. The second-order valence-electron chi connectivity index (χ2n) is 8.11. The summed E-state index contributed by atoms with van der Waals surface area (Å²) < 4.78 is 49.8. The quantitative estimate of drug-likeness (QED) is 0.675. The Bertz CT molecular complexity index is 1160. The van der Waals surface area contributed by atoms with Gasteiger partial charge in [-0.3, -0.25) is 4.79 Å². The maximum absolute atomic E-state index is 13.4. The molecule has 3 heterocycles. The van der Waals surface area contributed by atoms with Gasteiger partial charge in [0.2, 0.25) is 10.0 Å². The zero-order chi connectivity index (χ0) is 23.5. The van der Waals surface area contributed by atoms with Crippen LogP contribution in [0.25, 0.3) is 0 Å². The molecular formula is C23H27N3O7S. The molecule has 2 aromatic carbocycles. The van der Waals surface area contributed by atoms with Crippen molar-refractivity contribution in [1.82, 2.24) is 4.31 Å². The highest BCUT2D eigenvalue weighted by molar-refractivity contribution is 7.89. The van der Waals surface area contributed by atoms with Crippen molar-refractivity contribution in [3.05, 3.63) is 42.0 Å². The number of fused-ring (bicyclic) bond motifs is 1. The third-order valence-electron chi connectivity index (χ3n) is 5.97. The van der Waals surface area contributed by atoms with Gasteiger partial charge in [0.25, 0.3) is 5.91 Å². The van der Waals surface area contributed by atoms with Crippen LogP contribution in [0.5, 0.6) is 11.5 Å². The number of carbonyl (C=O) groups excluding carboxylic acids is 1. The first-order chi connectivity index (χ1) is 16.5. The Morgan fingerprint density at radius 1 is 0.794 bits per heavy atom. The van der Waals surface area contributed by atoms with Gasteiger partial charge in [-0.05, 0) is 30.3 Å². The maximum atomic E-state index is 13.4. The van der Waals surface area contributed by atoms with Gasteiger partial charge in [-0.15, -0.1) is 0 Å². The summed E-state index contributed by atoms with van der Waals surface area (Å²) in [5, 5.41) is 2.89. The fraction of sp³-hybridized carbons (Fsp3) is 0.435. The molecule has 0 aliphatic carbocycles. The van der Waals surface area contributed by atoms with Gasteiger partial charge in [-0.25, -0.2) is 8.42 Å². The van der Waals surface area contributed by atoms with Crippen LogP contribution < -0.4 is 19.7 Å². The van der Waals surface area contributed by atoms with Crippen molar-refractivity contribution in [3.8, 4) is 11.5 Å². The summed E-state index contributed by atoms with van der Waals surface area (Å²) in [6.07, 6.45) is 0. The number of morpholine rings is 2. The molecule has 1 amide bonds. The highest BCUT2D eigenvalue weighted by Crippen LogP contribution is 2.33. The van der Waals surface area contributed by atoms with Gasteiger partial charge in [0.05, 0.1) is 36.9 Å². The summed E-state index contributed by atoms with van der Waals surface area (Å²) in [7, 11) is -3.76. The molecule has 182 valence electrons. The Kier molecular flexibility index (Phi) is 6.59. The summed E-state index contributed by atoms with van der Waals surface area (Å²) in [4.78, 5) is 15.5. The number of hydrogen-bond acceptors (Lipinski definition) is 8. The SMILES string of the molecule is O=C(Nc1ccc2c(c1)OCCO2)c1cc(S(=O)(=O)N2CCOCC2)ccc1N1CCOCC1. The molecule has 0 unspecified atom stereocenters. The molecule has 0 aromatic heterocycles. The number of sulfonamides is 1. The molecule has 34 heavy (non-hydrogen) atoms. The number of carbonyl (C=O) groups is 1. The molecule has 10 nitrogen and oxygen atoms in total. The predicted octanol–water partition coefficient (Wildman–Crippen LogP) is 1.57. The van der Waals surface area contributed by atoms with Gasteiger partial charge in [0.1, 0.15) is 13.2 Å². The lowest BCUT2D eigenvalue weighted by molar-refractivity contribution is 0.0730. The van der Waals surface area contributed by atoms with Crippen molar-refractivity contribution in [2.75, 3.05) is 76.0 Å². The minimum atomic E-state index is -3.76. The van der Waals surface area contributed by atoms with Crippen LogP contribution in [0.2, 0.25) is 0 Å². The van der Waals surface area contributed by atoms with Crippen molar-refractivity contribution < 1.29 is 32.2 Å². The maximum Gasteiger partial charge on any atom is 0.257 e. The van der Waals surface area contributed by atoms with Gasteiger partial charge in [-0.1, -0.05) is 0 Å². The number of anilines is 2. The minimum absolute atomic E-state index is 0.0822. The lowest BCUT2D eigenvalue weighted by atomic mass is 10.1. The molecule has 3 aliphatic rings. The van der Waals surface area contributed by atoms with Gasteiger partial charge in [0.15, 0.2) is 11.5 Å². The molecule has 1 N–H and O–H groups in total. The fourth-order valence-electron chi connectivity index (χ4n) is 4.19. The van der Waals surface area contributed by atoms with Crippen LogP contribution in [0.15, 0.2) is 41.3 Å². The second-order valence-corrected chi connectivity index (χ2v) is 10.0. The van der Waals surface area contributed by atoms with Crippen LogP contribution in [0.1, 0.15) is 10.4 Å². The monoisotopic (exact) mass is 489 g/mol. The summed E-state index contributed by atoms with van der Waals surface area (Å²) in [5.74, 6) is 0.773. The van der Waals surface area contributed by atoms with Crippen LogP contribution in [-0.4, -0.2) is 84.5 Å². The molecule has 5 rings (SSSR count). The van der Waals surface area contributed by atoms with Crippen LogP contribution in [0, 0.1) is 0 Å². The summed E-state index contributed by atoms with van der Waals surface area (Å²) in [6, 6.07) is 9.91. The van der Waals surface area contributed by atoms with Crippen molar-refractivity contribution in [2.45, 2.75) is 4.90 Å². The largest absolute Gasteiger partial charge is 0.486 e. The summed E-state index contributed by atoms with van der Waals surface area (Å²) in [5.41, 5.74) is 1.48. The molecule has 3 aliphatic heterocycles. The van der Waals surface area contributed by atoms with E-state index in [1.807, 2.05) is 4.90 Å². The van der Waals surface area contributed by atoms with E-state index in [0.717, 1.165) is 0 Å². The van der Waals surface area contributed by atoms with Crippen molar-refractivity contribution in [1.29, 1.82) is 0 Å². The number of nitrogens with one attached hydrogen (secondary N) is 1. The van der Waals surface area contributed by atoms with Crippen molar-refractivity contribution in [2.24, 2.45) is 0 Å². The van der Waals surface area contributed by atoms with E-state index in [9.17, 15) is 13.2 Å². The van der Waals surface area contributed by atoms with Crippen molar-refractivity contribution in [3.63, 3.8) is 0 Å². The number of amides is 1. The fourth-order valence-corrected chi connectivity index (χ4v) is 5.63. The van der Waals surface area contributed by atoms with E-state index >= 15 is 0 Å². The molecule has 2 saturated heterocycles. The van der Waals surface area contributed by atoms with Crippen LogP contribution in [-0.2, 0) is 19.5 Å². The Morgan fingerprint density at radius 2 is 1.47 bits per heavy atom. The third kappa shape index (κ3) is 4.69. The van der Waals surface area contributed by atoms with E-state index < -0.39 is 15.9 Å². The molecule has 0 radical (unpaired) electrons. The van der Waals surface area contributed by atoms with Crippen LogP contribution >= 0.6 is 0 Å². The van der Waals surface area contributed by atoms with E-state index in [1.165, 1.54) is 10.4 Å². The Labute approximate surface area is 198 Å². The molecule has 0 atom stereocenters. The van der Waals surface area contributed by atoms with E-state index in [0.29, 0.717) is 75.6 Å².